The number of hydrogen-bond donors (Lipinski definition) is 2. The van der Waals surface area contributed by atoms with Crippen LogP contribution in [0.4, 0.5) is 5.69 Å². The lowest BCUT2D eigenvalue weighted by Gasteiger charge is -2.10. The zero-order valence-electron chi connectivity index (χ0n) is 11.2. The molecule has 0 heterocycles. The van der Waals surface area contributed by atoms with E-state index in [1.807, 2.05) is 44.2 Å². The molecule has 0 radical (unpaired) electrons. The molecule has 1 aromatic rings. The van der Waals surface area contributed by atoms with Gasteiger partial charge in [-0.3, -0.25) is 0 Å². The van der Waals surface area contributed by atoms with E-state index in [1.165, 1.54) is 5.57 Å². The van der Waals surface area contributed by atoms with Crippen LogP contribution in [0.5, 0.6) is 0 Å². The van der Waals surface area contributed by atoms with Crippen molar-refractivity contribution in [3.63, 3.8) is 0 Å². The van der Waals surface area contributed by atoms with E-state index < -0.39 is 0 Å². The highest BCUT2D eigenvalue weighted by molar-refractivity contribution is 5.93. The minimum absolute atomic E-state index is 0.413. The SMILES string of the molecule is COCc1ccccc1NC(N)=NCC=C(C)C. The zero-order chi connectivity index (χ0) is 13.4. The van der Waals surface area contributed by atoms with E-state index >= 15 is 0 Å². The van der Waals surface area contributed by atoms with Gasteiger partial charge in [0.25, 0.3) is 0 Å². The number of nitrogens with two attached hydrogens (primary N) is 1. The molecule has 0 atom stereocenters. The number of allylic oxidation sites excluding steroid dienone is 1. The maximum Gasteiger partial charge on any atom is 0.193 e. The molecule has 0 bridgehead atoms. The number of methoxy groups -OCH3 is 1. The maximum atomic E-state index is 5.83. The summed E-state index contributed by atoms with van der Waals surface area (Å²) in [5.74, 6) is 0.413. The fourth-order valence-electron chi connectivity index (χ4n) is 1.43. The number of para-hydroxylation sites is 1. The van der Waals surface area contributed by atoms with Crippen molar-refractivity contribution in [2.45, 2.75) is 20.5 Å². The van der Waals surface area contributed by atoms with E-state index in [9.17, 15) is 0 Å². The third-order valence-corrected chi connectivity index (χ3v) is 2.34. The lowest BCUT2D eigenvalue weighted by Crippen LogP contribution is -2.23. The number of aliphatic imine (C=N–C) groups is 1. The van der Waals surface area contributed by atoms with E-state index in [0.29, 0.717) is 19.1 Å². The molecule has 0 aliphatic heterocycles. The quantitative estimate of drug-likeness (QED) is 0.477. The summed E-state index contributed by atoms with van der Waals surface area (Å²) in [6.07, 6.45) is 2.02. The summed E-state index contributed by atoms with van der Waals surface area (Å²) in [7, 11) is 1.67. The van der Waals surface area contributed by atoms with Crippen LogP contribution in [0.1, 0.15) is 19.4 Å². The van der Waals surface area contributed by atoms with Crippen LogP contribution < -0.4 is 11.1 Å². The monoisotopic (exact) mass is 247 g/mol. The Morgan fingerprint density at radius 1 is 1.39 bits per heavy atom. The van der Waals surface area contributed by atoms with Gasteiger partial charge in [0, 0.05) is 18.4 Å². The fraction of sp³-hybridized carbons (Fsp3) is 0.357. The van der Waals surface area contributed by atoms with Crippen LogP contribution in [0, 0.1) is 0 Å². The van der Waals surface area contributed by atoms with Gasteiger partial charge in [-0.25, -0.2) is 4.99 Å². The Hall–Kier alpha value is -1.81. The molecule has 0 saturated heterocycles. The lowest BCUT2D eigenvalue weighted by molar-refractivity contribution is 0.185. The zero-order valence-corrected chi connectivity index (χ0v) is 11.2. The Morgan fingerprint density at radius 3 is 2.78 bits per heavy atom. The first-order chi connectivity index (χ1) is 8.63. The normalized spacial score (nSPS) is 11.2. The van der Waals surface area contributed by atoms with Gasteiger partial charge in [0.15, 0.2) is 5.96 Å². The van der Waals surface area contributed by atoms with Crippen molar-refractivity contribution in [3.05, 3.63) is 41.5 Å². The van der Waals surface area contributed by atoms with Crippen LogP contribution in [0.15, 0.2) is 40.9 Å². The highest BCUT2D eigenvalue weighted by Crippen LogP contribution is 2.15. The van der Waals surface area contributed by atoms with Crippen molar-refractivity contribution in [1.82, 2.24) is 0 Å². The number of guanidine groups is 1. The molecule has 0 amide bonds. The van der Waals surface area contributed by atoms with Gasteiger partial charge < -0.3 is 15.8 Å². The average Bonchev–Trinajstić information content (AvgIpc) is 2.31. The first-order valence-electron chi connectivity index (χ1n) is 5.90. The van der Waals surface area contributed by atoms with Crippen molar-refractivity contribution < 1.29 is 4.74 Å². The van der Waals surface area contributed by atoms with Gasteiger partial charge in [0.1, 0.15) is 0 Å². The molecule has 0 aliphatic rings. The molecular formula is C14H21N3O. The molecule has 1 rings (SSSR count). The fourth-order valence-corrected chi connectivity index (χ4v) is 1.43. The summed E-state index contributed by atoms with van der Waals surface area (Å²) in [5.41, 5.74) is 9.04. The van der Waals surface area contributed by atoms with E-state index in [4.69, 9.17) is 10.5 Å². The molecule has 0 saturated carbocycles. The van der Waals surface area contributed by atoms with Gasteiger partial charge in [-0.2, -0.15) is 0 Å². The first kappa shape index (κ1) is 14.3. The van der Waals surface area contributed by atoms with Crippen LogP contribution in [-0.4, -0.2) is 19.6 Å². The minimum atomic E-state index is 0.413. The molecule has 1 aromatic carbocycles. The van der Waals surface area contributed by atoms with Crippen LogP contribution in [0.3, 0.4) is 0 Å². The minimum Gasteiger partial charge on any atom is -0.380 e. The Morgan fingerprint density at radius 2 is 2.11 bits per heavy atom. The summed E-state index contributed by atoms with van der Waals surface area (Å²) in [6, 6.07) is 7.87. The van der Waals surface area contributed by atoms with Crippen LogP contribution in [0.25, 0.3) is 0 Å². The molecule has 98 valence electrons. The topological polar surface area (TPSA) is 59.6 Å². The van der Waals surface area contributed by atoms with Gasteiger partial charge in [0.05, 0.1) is 13.2 Å². The van der Waals surface area contributed by atoms with Gasteiger partial charge >= 0.3 is 0 Å². The Kier molecular flexibility index (Phi) is 5.94. The molecule has 0 aliphatic carbocycles. The average molecular weight is 247 g/mol. The second-order valence-corrected chi connectivity index (χ2v) is 4.22. The van der Waals surface area contributed by atoms with E-state index in [-0.39, 0.29) is 0 Å². The number of nitrogens with zero attached hydrogens (tertiary/aromatic N) is 1. The van der Waals surface area contributed by atoms with Crippen molar-refractivity contribution in [3.8, 4) is 0 Å². The first-order valence-corrected chi connectivity index (χ1v) is 5.90. The summed E-state index contributed by atoms with van der Waals surface area (Å²) >= 11 is 0. The highest BCUT2D eigenvalue weighted by atomic mass is 16.5. The molecule has 4 heteroatoms. The summed E-state index contributed by atoms with van der Waals surface area (Å²) < 4.78 is 5.13. The second kappa shape index (κ2) is 7.50. The van der Waals surface area contributed by atoms with Crippen molar-refractivity contribution in [2.75, 3.05) is 19.0 Å². The van der Waals surface area contributed by atoms with E-state index in [2.05, 4.69) is 10.3 Å². The largest absolute Gasteiger partial charge is 0.380 e. The summed E-state index contributed by atoms with van der Waals surface area (Å²) in [4.78, 5) is 4.23. The third-order valence-electron chi connectivity index (χ3n) is 2.34. The standard InChI is InChI=1S/C14H21N3O/c1-11(2)8-9-16-14(15)17-13-7-5-4-6-12(13)10-18-3/h4-8H,9-10H2,1-3H3,(H3,15,16,17). The number of nitrogens with one attached hydrogen (secondary N) is 1. The Labute approximate surface area is 109 Å². The highest BCUT2D eigenvalue weighted by Gasteiger charge is 2.01. The van der Waals surface area contributed by atoms with Gasteiger partial charge in [-0.05, 0) is 19.9 Å². The van der Waals surface area contributed by atoms with Crippen molar-refractivity contribution >= 4 is 11.6 Å². The van der Waals surface area contributed by atoms with Crippen molar-refractivity contribution in [1.29, 1.82) is 0 Å². The Balaban J connectivity index is 2.69. The number of rotatable bonds is 5. The molecule has 18 heavy (non-hydrogen) atoms. The Bertz CT molecular complexity index is 434. The molecule has 0 aromatic heterocycles. The van der Waals surface area contributed by atoms with Gasteiger partial charge in [-0.15, -0.1) is 0 Å². The number of hydrogen-bond acceptors (Lipinski definition) is 2. The van der Waals surface area contributed by atoms with Crippen LogP contribution >= 0.6 is 0 Å². The van der Waals surface area contributed by atoms with Crippen LogP contribution in [0.2, 0.25) is 0 Å². The van der Waals surface area contributed by atoms with E-state index in [1.54, 1.807) is 7.11 Å². The molecule has 0 spiro atoms. The number of benzene rings is 1. The summed E-state index contributed by atoms with van der Waals surface area (Å²) in [5, 5.41) is 3.09. The van der Waals surface area contributed by atoms with E-state index in [0.717, 1.165) is 11.3 Å². The van der Waals surface area contributed by atoms with Gasteiger partial charge in [-0.1, -0.05) is 29.8 Å². The maximum absolute atomic E-state index is 5.83. The molecule has 3 N–H and O–H groups in total. The third kappa shape index (κ3) is 5.01. The van der Waals surface area contributed by atoms with Gasteiger partial charge in [0.2, 0.25) is 0 Å². The summed E-state index contributed by atoms with van der Waals surface area (Å²) in [6.45, 7) is 5.21. The van der Waals surface area contributed by atoms with Crippen molar-refractivity contribution in [2.24, 2.45) is 10.7 Å². The lowest BCUT2D eigenvalue weighted by atomic mass is 10.2. The molecule has 4 nitrogen and oxygen atoms in total. The molecular weight excluding hydrogens is 226 g/mol. The smallest absolute Gasteiger partial charge is 0.193 e. The van der Waals surface area contributed by atoms with Crippen LogP contribution in [-0.2, 0) is 11.3 Å². The predicted molar refractivity (Wildman–Crippen MR) is 76.7 cm³/mol. The molecule has 0 fully saturated rings. The number of anilines is 1. The molecule has 0 unspecified atom stereocenters. The second-order valence-electron chi connectivity index (χ2n) is 4.22. The predicted octanol–water partition coefficient (Wildman–Crippen LogP) is 2.53. The number of ether oxygens (including phenoxy) is 1.